The number of thiazole rings is 1. The minimum absolute atomic E-state index is 0.178. The van der Waals surface area contributed by atoms with Crippen LogP contribution in [0.25, 0.3) is 16.3 Å². The largest absolute Gasteiger partial charge is 0.744 e. The van der Waals surface area contributed by atoms with E-state index in [-0.39, 0.29) is 4.90 Å². The summed E-state index contributed by atoms with van der Waals surface area (Å²) in [5.74, 6) is 0.718. The first-order chi connectivity index (χ1) is 21.7. The molecule has 0 bridgehead atoms. The van der Waals surface area contributed by atoms with Crippen LogP contribution in [0.2, 0.25) is 0 Å². The lowest BCUT2D eigenvalue weighted by Crippen LogP contribution is -2.33. The molecule has 0 fully saturated rings. The lowest BCUT2D eigenvalue weighted by molar-refractivity contribution is -0.665. The fraction of sp³-hybridized carbons (Fsp3) is 0.270. The Balaban J connectivity index is 0.000000276. The van der Waals surface area contributed by atoms with Crippen molar-refractivity contribution in [1.82, 2.24) is 0 Å². The van der Waals surface area contributed by atoms with Gasteiger partial charge in [0.15, 0.2) is 0 Å². The van der Waals surface area contributed by atoms with Crippen LogP contribution >= 0.6 is 23.1 Å². The summed E-state index contributed by atoms with van der Waals surface area (Å²) in [6.45, 7) is 8.33. The molecule has 1 aromatic heterocycles. The number of fused-ring (bicyclic) bond motifs is 3. The molecule has 1 aliphatic heterocycles. The molecule has 5 nitrogen and oxygen atoms in total. The number of nitrogens with zero attached hydrogens (tertiary/aromatic N) is 2. The van der Waals surface area contributed by atoms with Crippen molar-refractivity contribution in [1.29, 1.82) is 0 Å². The molecular formula is C37H38N2O3S3. The van der Waals surface area contributed by atoms with E-state index in [1.807, 2.05) is 30.0 Å². The summed E-state index contributed by atoms with van der Waals surface area (Å²) >= 11 is 3.83. The zero-order valence-electron chi connectivity index (χ0n) is 25.9. The molecule has 7 rings (SSSR count). The molecule has 3 aromatic carbocycles. The second kappa shape index (κ2) is 13.5. The quantitative estimate of drug-likeness (QED) is 0.159. The predicted molar refractivity (Wildman–Crippen MR) is 186 cm³/mol. The standard InChI is InChI=1S/C30H31N2S2.C7H8O3S/c1-3-31-25-9-5-7-11-27(25)33-29(31)19-21-13-15-23-16-14-22(18-24(23)17-21)20-30-32(4-2)26-10-6-8-12-28(26)34-30;1-6-2-4-7(5-3-6)11(8,9)10/h5-12,17-20,23H,3-4,13-16H2,1-2H3;2-5H,1H3,(H,8,9,10)/q+1;/p-1. The van der Waals surface area contributed by atoms with E-state index in [0.29, 0.717) is 0 Å². The first-order valence-electron chi connectivity index (χ1n) is 15.6. The Labute approximate surface area is 275 Å². The molecule has 0 saturated carbocycles. The van der Waals surface area contributed by atoms with E-state index < -0.39 is 10.1 Å². The van der Waals surface area contributed by atoms with Gasteiger partial charge in [0.2, 0.25) is 5.52 Å². The molecule has 0 spiro atoms. The summed E-state index contributed by atoms with van der Waals surface area (Å²) in [5, 5.41) is 2.74. The third-order valence-corrected chi connectivity index (χ3v) is 11.6. The number of aromatic nitrogens is 1. The summed E-state index contributed by atoms with van der Waals surface area (Å²) < 4.78 is 35.0. The molecule has 0 saturated heterocycles. The Hall–Kier alpha value is -3.43. The summed E-state index contributed by atoms with van der Waals surface area (Å²) in [6, 6.07) is 23.3. The number of rotatable bonds is 5. The number of allylic oxidation sites excluding steroid dienone is 6. The predicted octanol–water partition coefficient (Wildman–Crippen LogP) is 9.02. The van der Waals surface area contributed by atoms with Gasteiger partial charge in [-0.2, -0.15) is 4.57 Å². The molecule has 4 aromatic rings. The number of thioether (sulfide) groups is 1. The Kier molecular flexibility index (Phi) is 9.47. The van der Waals surface area contributed by atoms with Gasteiger partial charge in [0.1, 0.15) is 21.4 Å². The average molecular weight is 655 g/mol. The zero-order chi connectivity index (χ0) is 31.6. The third kappa shape index (κ3) is 7.04. The van der Waals surface area contributed by atoms with Crippen LogP contribution in [0.4, 0.5) is 5.69 Å². The second-order valence-electron chi connectivity index (χ2n) is 11.6. The third-order valence-electron chi connectivity index (χ3n) is 8.57. The maximum absolute atomic E-state index is 10.4. The monoisotopic (exact) mass is 654 g/mol. The van der Waals surface area contributed by atoms with Gasteiger partial charge in [-0.1, -0.05) is 77.2 Å². The smallest absolute Gasteiger partial charge is 0.263 e. The van der Waals surface area contributed by atoms with Gasteiger partial charge in [0.05, 0.1) is 15.6 Å². The molecule has 3 aliphatic rings. The highest BCUT2D eigenvalue weighted by Gasteiger charge is 2.27. The number of aryl methyl sites for hydroxylation is 2. The van der Waals surface area contributed by atoms with Crippen molar-refractivity contribution >= 4 is 55.2 Å². The van der Waals surface area contributed by atoms with Crippen LogP contribution in [0.3, 0.4) is 0 Å². The molecule has 232 valence electrons. The van der Waals surface area contributed by atoms with E-state index >= 15 is 0 Å². The van der Waals surface area contributed by atoms with Crippen molar-refractivity contribution in [3.05, 3.63) is 123 Å². The number of hydrogen-bond acceptors (Lipinski definition) is 6. The van der Waals surface area contributed by atoms with Crippen molar-refractivity contribution in [3.63, 3.8) is 0 Å². The Bertz CT molecular complexity index is 1950. The lowest BCUT2D eigenvalue weighted by Gasteiger charge is -2.28. The van der Waals surface area contributed by atoms with E-state index in [9.17, 15) is 13.0 Å². The number of hydrogen-bond donors (Lipinski definition) is 0. The van der Waals surface area contributed by atoms with Gasteiger partial charge in [0, 0.05) is 23.6 Å². The molecular weight excluding hydrogens is 617 g/mol. The van der Waals surface area contributed by atoms with Gasteiger partial charge in [-0.15, -0.1) is 0 Å². The number of para-hydroxylation sites is 2. The van der Waals surface area contributed by atoms with E-state index in [4.69, 9.17) is 0 Å². The fourth-order valence-electron chi connectivity index (χ4n) is 6.23. The van der Waals surface area contributed by atoms with E-state index in [2.05, 4.69) is 96.1 Å². The highest BCUT2D eigenvalue weighted by molar-refractivity contribution is 8.03. The second-order valence-corrected chi connectivity index (χ2v) is 15.1. The van der Waals surface area contributed by atoms with Crippen molar-refractivity contribution < 1.29 is 17.5 Å². The maximum Gasteiger partial charge on any atom is 0.263 e. The van der Waals surface area contributed by atoms with Gasteiger partial charge in [-0.05, 0) is 105 Å². The zero-order valence-corrected chi connectivity index (χ0v) is 28.4. The first-order valence-corrected chi connectivity index (χ1v) is 18.6. The van der Waals surface area contributed by atoms with Gasteiger partial charge >= 0.3 is 0 Å². The molecule has 2 heterocycles. The van der Waals surface area contributed by atoms with Crippen LogP contribution in [-0.2, 0) is 16.7 Å². The van der Waals surface area contributed by atoms with Gasteiger partial charge < -0.3 is 9.45 Å². The minimum atomic E-state index is -4.27. The van der Waals surface area contributed by atoms with E-state index in [0.717, 1.165) is 24.6 Å². The number of benzene rings is 3. The maximum atomic E-state index is 10.4. The molecule has 0 amide bonds. The average Bonchev–Trinajstić information content (AvgIpc) is 3.57. The molecule has 45 heavy (non-hydrogen) atoms. The van der Waals surface area contributed by atoms with E-state index in [1.54, 1.807) is 12.1 Å². The minimum Gasteiger partial charge on any atom is -0.744 e. The summed E-state index contributed by atoms with van der Waals surface area (Å²) in [4.78, 5) is 3.65. The summed E-state index contributed by atoms with van der Waals surface area (Å²) in [6.07, 6.45) is 14.8. The molecule has 1 atom stereocenters. The van der Waals surface area contributed by atoms with Crippen LogP contribution in [0.1, 0.15) is 50.1 Å². The molecule has 8 heteroatoms. The summed E-state index contributed by atoms with van der Waals surface area (Å²) in [7, 11) is -4.27. The van der Waals surface area contributed by atoms with Crippen LogP contribution in [0.15, 0.2) is 123 Å². The SMILES string of the molecule is CCN1/C(=C/C2=CC3=C/C(=C/c4sc5ccccc5[n+]4CC)CCC3CC2)Sc2ccccc21.Cc1ccc(S(=O)(=O)[O-])cc1. The Morgan fingerprint density at radius 3 is 2.42 bits per heavy atom. The Morgan fingerprint density at radius 2 is 1.67 bits per heavy atom. The summed E-state index contributed by atoms with van der Waals surface area (Å²) in [5.41, 5.74) is 8.11. The molecule has 2 aliphatic carbocycles. The number of anilines is 1. The van der Waals surface area contributed by atoms with Crippen molar-refractivity contribution in [3.8, 4) is 0 Å². The van der Waals surface area contributed by atoms with Crippen molar-refractivity contribution in [2.24, 2.45) is 5.92 Å². The topological polar surface area (TPSA) is 64.3 Å². The molecule has 0 radical (unpaired) electrons. The lowest BCUT2D eigenvalue weighted by atomic mass is 9.77. The Morgan fingerprint density at radius 1 is 0.933 bits per heavy atom. The van der Waals surface area contributed by atoms with Gasteiger partial charge in [0.25, 0.3) is 5.01 Å². The molecule has 1 unspecified atom stereocenters. The van der Waals surface area contributed by atoms with Crippen LogP contribution in [-0.4, -0.2) is 19.5 Å². The fourth-order valence-corrected chi connectivity index (χ4v) is 9.11. The normalized spacial score (nSPS) is 19.6. The molecule has 0 N–H and O–H groups in total. The van der Waals surface area contributed by atoms with Crippen LogP contribution in [0.5, 0.6) is 0 Å². The van der Waals surface area contributed by atoms with Crippen LogP contribution < -0.4 is 9.47 Å². The highest BCUT2D eigenvalue weighted by atomic mass is 32.2. The van der Waals surface area contributed by atoms with Gasteiger partial charge in [-0.3, -0.25) is 0 Å². The van der Waals surface area contributed by atoms with E-state index in [1.165, 1.54) is 85.4 Å². The van der Waals surface area contributed by atoms with Crippen molar-refractivity contribution in [2.75, 3.05) is 11.4 Å². The highest BCUT2D eigenvalue weighted by Crippen LogP contribution is 2.47. The van der Waals surface area contributed by atoms with Gasteiger partial charge in [-0.25, -0.2) is 8.42 Å². The first kappa shape index (κ1) is 31.5. The van der Waals surface area contributed by atoms with Crippen molar-refractivity contribution in [2.45, 2.75) is 62.8 Å². The van der Waals surface area contributed by atoms with Crippen LogP contribution in [0, 0.1) is 12.8 Å².